The topological polar surface area (TPSA) is 49.6 Å². The average Bonchev–Trinajstić information content (AvgIpc) is 2.08. The molecule has 1 aliphatic rings. The monoisotopic (exact) mass is 185 g/mol. The van der Waals surface area contributed by atoms with E-state index in [-0.39, 0.29) is 11.8 Å². The van der Waals surface area contributed by atoms with Crippen LogP contribution in [0.4, 0.5) is 0 Å². The molecule has 1 fully saturated rings. The lowest BCUT2D eigenvalue weighted by Crippen LogP contribution is -2.47. The van der Waals surface area contributed by atoms with Gasteiger partial charge in [-0.2, -0.15) is 0 Å². The summed E-state index contributed by atoms with van der Waals surface area (Å²) in [5.41, 5.74) is 5.20. The van der Waals surface area contributed by atoms with Gasteiger partial charge in [-0.15, -0.1) is 0 Å². The highest BCUT2D eigenvalue weighted by atomic mass is 16.1. The summed E-state index contributed by atoms with van der Waals surface area (Å²) in [6.07, 6.45) is 0. The molecule has 1 aliphatic heterocycles. The third-order valence-corrected chi connectivity index (χ3v) is 2.61. The molecule has 1 atom stereocenters. The number of primary amides is 1. The van der Waals surface area contributed by atoms with Gasteiger partial charge in [0.2, 0.25) is 5.91 Å². The lowest BCUT2D eigenvalue weighted by molar-refractivity contribution is -0.122. The Morgan fingerprint density at radius 3 is 2.38 bits per heavy atom. The van der Waals surface area contributed by atoms with Crippen LogP contribution >= 0.6 is 0 Å². The molecule has 1 saturated heterocycles. The van der Waals surface area contributed by atoms with Gasteiger partial charge in [0.15, 0.2) is 0 Å². The van der Waals surface area contributed by atoms with Crippen molar-refractivity contribution >= 4 is 5.91 Å². The van der Waals surface area contributed by atoms with Gasteiger partial charge in [-0.25, -0.2) is 0 Å². The first kappa shape index (κ1) is 10.5. The zero-order valence-corrected chi connectivity index (χ0v) is 8.49. The number of nitrogens with zero attached hydrogens (tertiary/aromatic N) is 2. The zero-order valence-electron chi connectivity index (χ0n) is 8.49. The van der Waals surface area contributed by atoms with Crippen molar-refractivity contribution in [2.24, 2.45) is 11.7 Å². The number of hydrogen-bond donors (Lipinski definition) is 1. The second-order valence-electron chi connectivity index (χ2n) is 3.91. The minimum Gasteiger partial charge on any atom is -0.369 e. The quantitative estimate of drug-likeness (QED) is 0.636. The Bertz CT molecular complexity index is 176. The Balaban J connectivity index is 2.26. The maximum atomic E-state index is 10.8. The summed E-state index contributed by atoms with van der Waals surface area (Å²) in [5, 5.41) is 0. The highest BCUT2D eigenvalue weighted by Gasteiger charge is 2.18. The zero-order chi connectivity index (χ0) is 9.84. The molecule has 1 rings (SSSR count). The van der Waals surface area contributed by atoms with Crippen molar-refractivity contribution in [2.45, 2.75) is 6.92 Å². The molecular formula is C9H19N3O. The van der Waals surface area contributed by atoms with Crippen molar-refractivity contribution in [3.05, 3.63) is 0 Å². The van der Waals surface area contributed by atoms with E-state index >= 15 is 0 Å². The van der Waals surface area contributed by atoms with Crippen molar-refractivity contribution in [3.63, 3.8) is 0 Å². The van der Waals surface area contributed by atoms with Gasteiger partial charge in [0.25, 0.3) is 0 Å². The second kappa shape index (κ2) is 4.58. The number of likely N-dealkylation sites (N-methyl/N-ethyl adjacent to an activating group) is 1. The van der Waals surface area contributed by atoms with E-state index in [1.165, 1.54) is 0 Å². The normalized spacial score (nSPS) is 22.9. The number of hydrogen-bond acceptors (Lipinski definition) is 3. The van der Waals surface area contributed by atoms with E-state index in [1.807, 2.05) is 6.92 Å². The van der Waals surface area contributed by atoms with Gasteiger partial charge in [-0.05, 0) is 7.05 Å². The maximum Gasteiger partial charge on any atom is 0.221 e. The first-order chi connectivity index (χ1) is 6.09. The lowest BCUT2D eigenvalue weighted by Gasteiger charge is -2.33. The molecule has 0 radical (unpaired) electrons. The van der Waals surface area contributed by atoms with Crippen molar-refractivity contribution in [2.75, 3.05) is 39.8 Å². The van der Waals surface area contributed by atoms with E-state index in [0.29, 0.717) is 0 Å². The predicted molar refractivity (Wildman–Crippen MR) is 52.3 cm³/mol. The van der Waals surface area contributed by atoms with Crippen LogP contribution in [-0.4, -0.2) is 55.5 Å². The minimum absolute atomic E-state index is 0.0246. The van der Waals surface area contributed by atoms with Gasteiger partial charge in [0, 0.05) is 38.6 Å². The number of rotatable bonds is 3. The summed E-state index contributed by atoms with van der Waals surface area (Å²) in [7, 11) is 2.12. The van der Waals surface area contributed by atoms with Crippen molar-refractivity contribution < 1.29 is 4.79 Å². The van der Waals surface area contributed by atoms with E-state index in [2.05, 4.69) is 16.8 Å². The molecule has 1 amide bonds. The number of carbonyl (C=O) groups is 1. The molecule has 1 heterocycles. The molecule has 13 heavy (non-hydrogen) atoms. The molecule has 0 aliphatic carbocycles. The lowest BCUT2D eigenvalue weighted by atomic mass is 10.1. The number of carbonyl (C=O) groups excluding carboxylic acids is 1. The molecular weight excluding hydrogens is 166 g/mol. The minimum atomic E-state index is -0.195. The summed E-state index contributed by atoms with van der Waals surface area (Å²) < 4.78 is 0. The predicted octanol–water partition coefficient (Wildman–Crippen LogP) is -0.645. The van der Waals surface area contributed by atoms with E-state index in [9.17, 15) is 4.79 Å². The van der Waals surface area contributed by atoms with Gasteiger partial charge in [-0.3, -0.25) is 4.79 Å². The molecule has 0 spiro atoms. The van der Waals surface area contributed by atoms with Gasteiger partial charge >= 0.3 is 0 Å². The summed E-state index contributed by atoms with van der Waals surface area (Å²) in [6.45, 7) is 6.98. The van der Waals surface area contributed by atoms with Crippen LogP contribution in [-0.2, 0) is 4.79 Å². The Morgan fingerprint density at radius 1 is 1.38 bits per heavy atom. The van der Waals surface area contributed by atoms with Gasteiger partial charge in [-0.1, -0.05) is 6.92 Å². The molecule has 4 heteroatoms. The van der Waals surface area contributed by atoms with E-state index < -0.39 is 0 Å². The molecule has 1 unspecified atom stereocenters. The highest BCUT2D eigenvalue weighted by Crippen LogP contribution is 2.03. The second-order valence-corrected chi connectivity index (χ2v) is 3.91. The van der Waals surface area contributed by atoms with Crippen LogP contribution < -0.4 is 5.73 Å². The van der Waals surface area contributed by atoms with Crippen molar-refractivity contribution in [1.29, 1.82) is 0 Å². The van der Waals surface area contributed by atoms with Gasteiger partial charge in [0.1, 0.15) is 0 Å². The highest BCUT2D eigenvalue weighted by molar-refractivity contribution is 5.76. The van der Waals surface area contributed by atoms with Crippen LogP contribution in [0.3, 0.4) is 0 Å². The smallest absolute Gasteiger partial charge is 0.221 e. The van der Waals surface area contributed by atoms with Crippen LogP contribution in [0.1, 0.15) is 6.92 Å². The average molecular weight is 185 g/mol. The van der Waals surface area contributed by atoms with E-state index in [0.717, 1.165) is 32.7 Å². The Kier molecular flexibility index (Phi) is 3.69. The fraction of sp³-hybridized carbons (Fsp3) is 0.889. The summed E-state index contributed by atoms with van der Waals surface area (Å²) >= 11 is 0. The number of nitrogens with two attached hydrogens (primary N) is 1. The Labute approximate surface area is 79.7 Å². The molecule has 0 aromatic heterocycles. The molecule has 0 aromatic carbocycles. The van der Waals surface area contributed by atoms with Crippen LogP contribution in [0, 0.1) is 5.92 Å². The van der Waals surface area contributed by atoms with Crippen LogP contribution in [0.15, 0.2) is 0 Å². The van der Waals surface area contributed by atoms with E-state index in [1.54, 1.807) is 0 Å². The third kappa shape index (κ3) is 3.32. The van der Waals surface area contributed by atoms with Crippen LogP contribution in [0.5, 0.6) is 0 Å². The first-order valence-electron chi connectivity index (χ1n) is 4.80. The summed E-state index contributed by atoms with van der Waals surface area (Å²) in [5.74, 6) is -0.220. The van der Waals surface area contributed by atoms with Crippen molar-refractivity contribution in [3.8, 4) is 0 Å². The van der Waals surface area contributed by atoms with Crippen LogP contribution in [0.25, 0.3) is 0 Å². The summed E-state index contributed by atoms with van der Waals surface area (Å²) in [6, 6.07) is 0. The van der Waals surface area contributed by atoms with Gasteiger partial charge < -0.3 is 15.5 Å². The SMILES string of the molecule is CC(CN1CCN(C)CC1)C(N)=O. The van der Waals surface area contributed by atoms with Gasteiger partial charge in [0.05, 0.1) is 0 Å². The summed E-state index contributed by atoms with van der Waals surface area (Å²) in [4.78, 5) is 15.4. The van der Waals surface area contributed by atoms with Crippen molar-refractivity contribution in [1.82, 2.24) is 9.80 Å². The largest absolute Gasteiger partial charge is 0.369 e. The maximum absolute atomic E-state index is 10.8. The molecule has 0 saturated carbocycles. The molecule has 76 valence electrons. The Hall–Kier alpha value is -0.610. The third-order valence-electron chi connectivity index (χ3n) is 2.61. The molecule has 0 bridgehead atoms. The number of amides is 1. The molecule has 2 N–H and O–H groups in total. The molecule has 0 aromatic rings. The Morgan fingerprint density at radius 2 is 1.92 bits per heavy atom. The number of piperazine rings is 1. The molecule has 4 nitrogen and oxygen atoms in total. The standard InChI is InChI=1S/C9H19N3O/c1-8(9(10)13)7-12-5-3-11(2)4-6-12/h8H,3-7H2,1-2H3,(H2,10,13). The van der Waals surface area contributed by atoms with Crippen LogP contribution in [0.2, 0.25) is 0 Å². The first-order valence-corrected chi connectivity index (χ1v) is 4.80. The van der Waals surface area contributed by atoms with E-state index in [4.69, 9.17) is 5.73 Å². The fourth-order valence-corrected chi connectivity index (χ4v) is 1.51. The fourth-order valence-electron chi connectivity index (χ4n) is 1.51.